The van der Waals surface area contributed by atoms with E-state index in [-0.39, 0.29) is 29.2 Å². The standard InChI is InChI=1S/C17H27N3O4/c1-12(9-13(2)17(22)18-7-8-19(3)4)10-14-5-6-16(21)15(11-14)20(23)24/h5-6,11-13,21H,7-10H2,1-4H3,(H,18,22)/t12-,13?/m1/s1. The smallest absolute Gasteiger partial charge is 0.310 e. The van der Waals surface area contributed by atoms with Crippen LogP contribution in [0.25, 0.3) is 0 Å². The van der Waals surface area contributed by atoms with Gasteiger partial charge in [-0.2, -0.15) is 0 Å². The van der Waals surface area contributed by atoms with E-state index in [4.69, 9.17) is 0 Å². The number of hydrogen-bond acceptors (Lipinski definition) is 5. The predicted molar refractivity (Wildman–Crippen MR) is 93.0 cm³/mol. The molecule has 1 unspecified atom stereocenters. The van der Waals surface area contributed by atoms with Gasteiger partial charge in [0, 0.05) is 25.1 Å². The summed E-state index contributed by atoms with van der Waals surface area (Å²) in [5, 5.41) is 23.3. The van der Waals surface area contributed by atoms with Crippen LogP contribution in [0.2, 0.25) is 0 Å². The van der Waals surface area contributed by atoms with Crippen molar-refractivity contribution in [3.05, 3.63) is 33.9 Å². The van der Waals surface area contributed by atoms with E-state index in [1.165, 1.54) is 12.1 Å². The van der Waals surface area contributed by atoms with Gasteiger partial charge in [0.1, 0.15) is 0 Å². The molecule has 2 N–H and O–H groups in total. The molecule has 1 amide bonds. The lowest BCUT2D eigenvalue weighted by atomic mass is 9.91. The average Bonchev–Trinajstić information content (AvgIpc) is 2.48. The van der Waals surface area contributed by atoms with E-state index in [0.29, 0.717) is 19.4 Å². The molecule has 0 aliphatic carbocycles. The number of nitro benzene ring substituents is 1. The van der Waals surface area contributed by atoms with Crippen LogP contribution in [0.4, 0.5) is 5.69 Å². The lowest BCUT2D eigenvalue weighted by molar-refractivity contribution is -0.385. The van der Waals surface area contributed by atoms with Crippen LogP contribution in [-0.2, 0) is 11.2 Å². The molecule has 0 saturated heterocycles. The third kappa shape index (κ3) is 6.54. The van der Waals surface area contributed by atoms with E-state index in [0.717, 1.165) is 12.1 Å². The maximum atomic E-state index is 12.0. The Hall–Kier alpha value is -2.15. The van der Waals surface area contributed by atoms with Crippen LogP contribution in [0.1, 0.15) is 25.8 Å². The molecule has 7 heteroatoms. The maximum Gasteiger partial charge on any atom is 0.310 e. The fourth-order valence-corrected chi connectivity index (χ4v) is 2.62. The quantitative estimate of drug-likeness (QED) is 0.532. The predicted octanol–water partition coefficient (Wildman–Crippen LogP) is 2.18. The molecule has 0 heterocycles. The molecule has 1 rings (SSSR count). The fourth-order valence-electron chi connectivity index (χ4n) is 2.62. The first kappa shape index (κ1) is 19.9. The summed E-state index contributed by atoms with van der Waals surface area (Å²) in [6, 6.07) is 4.42. The molecule has 0 aliphatic rings. The summed E-state index contributed by atoms with van der Waals surface area (Å²) < 4.78 is 0. The highest BCUT2D eigenvalue weighted by atomic mass is 16.6. The van der Waals surface area contributed by atoms with Crippen molar-refractivity contribution in [2.75, 3.05) is 27.2 Å². The lowest BCUT2D eigenvalue weighted by Gasteiger charge is -2.18. The van der Waals surface area contributed by atoms with Gasteiger partial charge < -0.3 is 15.3 Å². The van der Waals surface area contributed by atoms with E-state index in [2.05, 4.69) is 5.32 Å². The van der Waals surface area contributed by atoms with Crippen molar-refractivity contribution in [1.82, 2.24) is 10.2 Å². The van der Waals surface area contributed by atoms with Crippen LogP contribution in [0, 0.1) is 22.0 Å². The first-order chi connectivity index (χ1) is 11.2. The first-order valence-corrected chi connectivity index (χ1v) is 8.09. The minimum atomic E-state index is -0.593. The van der Waals surface area contributed by atoms with Crippen molar-refractivity contribution in [1.29, 1.82) is 0 Å². The highest BCUT2D eigenvalue weighted by Gasteiger charge is 2.18. The topological polar surface area (TPSA) is 95.7 Å². The molecule has 0 aliphatic heterocycles. The van der Waals surface area contributed by atoms with Crippen LogP contribution in [0.5, 0.6) is 5.75 Å². The summed E-state index contributed by atoms with van der Waals surface area (Å²) in [5.41, 5.74) is 0.501. The van der Waals surface area contributed by atoms with E-state index in [1.54, 1.807) is 6.07 Å². The number of aromatic hydroxyl groups is 1. The minimum Gasteiger partial charge on any atom is -0.502 e. The van der Waals surface area contributed by atoms with E-state index >= 15 is 0 Å². The summed E-state index contributed by atoms with van der Waals surface area (Å²) in [6.45, 7) is 5.32. The lowest BCUT2D eigenvalue weighted by Crippen LogP contribution is -2.35. The fraction of sp³-hybridized carbons (Fsp3) is 0.588. The minimum absolute atomic E-state index is 0.0281. The van der Waals surface area contributed by atoms with Gasteiger partial charge >= 0.3 is 5.69 Å². The average molecular weight is 337 g/mol. The zero-order valence-electron chi connectivity index (χ0n) is 14.8. The summed E-state index contributed by atoms with van der Waals surface area (Å²) in [7, 11) is 3.91. The van der Waals surface area contributed by atoms with Crippen molar-refractivity contribution < 1.29 is 14.8 Å². The number of phenols is 1. The molecule has 1 aromatic rings. The van der Waals surface area contributed by atoms with Gasteiger partial charge in [-0.05, 0) is 44.5 Å². The number of rotatable bonds is 9. The Bertz CT molecular complexity index is 575. The monoisotopic (exact) mass is 337 g/mol. The van der Waals surface area contributed by atoms with Gasteiger partial charge in [0.25, 0.3) is 0 Å². The number of phenolic OH excluding ortho intramolecular Hbond substituents is 1. The summed E-state index contributed by atoms with van der Waals surface area (Å²) in [5.74, 6) is -0.219. The van der Waals surface area contributed by atoms with Gasteiger partial charge in [0.2, 0.25) is 5.91 Å². The Morgan fingerprint density at radius 1 is 1.38 bits per heavy atom. The molecule has 0 fully saturated rings. The second-order valence-corrected chi connectivity index (χ2v) is 6.62. The zero-order chi connectivity index (χ0) is 18.3. The second kappa shape index (κ2) is 9.22. The number of hydrogen-bond donors (Lipinski definition) is 2. The second-order valence-electron chi connectivity index (χ2n) is 6.62. The molecular weight excluding hydrogens is 310 g/mol. The molecule has 2 atom stereocenters. The molecule has 7 nitrogen and oxygen atoms in total. The van der Waals surface area contributed by atoms with Gasteiger partial charge in [-0.3, -0.25) is 14.9 Å². The SMILES string of the molecule is CC(C[C@@H](C)Cc1ccc(O)c([N+](=O)[O-])c1)C(=O)NCCN(C)C. The number of nitro groups is 1. The summed E-state index contributed by atoms with van der Waals surface area (Å²) in [6.07, 6.45) is 1.32. The Morgan fingerprint density at radius 2 is 2.04 bits per heavy atom. The Morgan fingerprint density at radius 3 is 2.62 bits per heavy atom. The van der Waals surface area contributed by atoms with Crippen molar-refractivity contribution in [3.63, 3.8) is 0 Å². The molecular formula is C17H27N3O4. The molecule has 1 aromatic carbocycles. The number of nitrogens with zero attached hydrogens (tertiary/aromatic N) is 2. The Labute approximate surface area is 142 Å². The van der Waals surface area contributed by atoms with Crippen LogP contribution >= 0.6 is 0 Å². The van der Waals surface area contributed by atoms with Crippen molar-refractivity contribution in [2.45, 2.75) is 26.7 Å². The van der Waals surface area contributed by atoms with Crippen LogP contribution in [-0.4, -0.2) is 48.0 Å². The summed E-state index contributed by atoms with van der Waals surface area (Å²) in [4.78, 5) is 24.3. The molecule has 0 bridgehead atoms. The van der Waals surface area contributed by atoms with Gasteiger partial charge in [-0.25, -0.2) is 0 Å². The van der Waals surface area contributed by atoms with Crippen LogP contribution in [0.3, 0.4) is 0 Å². The van der Waals surface area contributed by atoms with Crippen molar-refractivity contribution >= 4 is 11.6 Å². The van der Waals surface area contributed by atoms with E-state index in [1.807, 2.05) is 32.8 Å². The molecule has 24 heavy (non-hydrogen) atoms. The van der Waals surface area contributed by atoms with Gasteiger partial charge in [0.05, 0.1) is 4.92 Å². The largest absolute Gasteiger partial charge is 0.502 e. The molecule has 0 saturated carbocycles. The number of carbonyl (C=O) groups excluding carboxylic acids is 1. The number of carbonyl (C=O) groups is 1. The van der Waals surface area contributed by atoms with E-state index in [9.17, 15) is 20.0 Å². The molecule has 0 spiro atoms. The number of likely N-dealkylation sites (N-methyl/N-ethyl adjacent to an activating group) is 1. The molecule has 134 valence electrons. The Balaban J connectivity index is 2.53. The third-order valence-electron chi connectivity index (χ3n) is 3.88. The number of amides is 1. The van der Waals surface area contributed by atoms with Crippen molar-refractivity contribution in [3.8, 4) is 5.75 Å². The number of nitrogens with one attached hydrogen (secondary N) is 1. The Kier molecular flexibility index (Phi) is 7.64. The molecule has 0 aromatic heterocycles. The third-order valence-corrected chi connectivity index (χ3v) is 3.88. The number of benzene rings is 1. The van der Waals surface area contributed by atoms with Gasteiger partial charge in [0.15, 0.2) is 5.75 Å². The van der Waals surface area contributed by atoms with Crippen LogP contribution in [0.15, 0.2) is 18.2 Å². The van der Waals surface area contributed by atoms with Crippen molar-refractivity contribution in [2.24, 2.45) is 11.8 Å². The summed E-state index contributed by atoms with van der Waals surface area (Å²) >= 11 is 0. The highest BCUT2D eigenvalue weighted by molar-refractivity contribution is 5.78. The van der Waals surface area contributed by atoms with E-state index < -0.39 is 4.92 Å². The maximum absolute atomic E-state index is 12.0. The van der Waals surface area contributed by atoms with Gasteiger partial charge in [-0.15, -0.1) is 0 Å². The normalized spacial score (nSPS) is 13.5. The van der Waals surface area contributed by atoms with Gasteiger partial charge in [-0.1, -0.05) is 19.9 Å². The first-order valence-electron chi connectivity index (χ1n) is 8.09. The highest BCUT2D eigenvalue weighted by Crippen LogP contribution is 2.28. The van der Waals surface area contributed by atoms with Crippen LogP contribution < -0.4 is 5.32 Å². The molecule has 0 radical (unpaired) electrons. The zero-order valence-corrected chi connectivity index (χ0v) is 14.8.